The lowest BCUT2D eigenvalue weighted by atomic mass is 10.1. The Labute approximate surface area is 173 Å². The first-order valence-electron chi connectivity index (χ1n) is 9.27. The molecule has 8 heteroatoms. The van der Waals surface area contributed by atoms with Crippen LogP contribution in [-0.4, -0.2) is 67.4 Å². The Morgan fingerprint density at radius 1 is 1.15 bits per heavy atom. The van der Waals surface area contributed by atoms with Gasteiger partial charge in [-0.15, -0.1) is 24.8 Å². The monoisotopic (exact) mass is 416 g/mol. The summed E-state index contributed by atoms with van der Waals surface area (Å²) in [7, 11) is 0. The van der Waals surface area contributed by atoms with E-state index in [1.807, 2.05) is 29.2 Å². The van der Waals surface area contributed by atoms with Gasteiger partial charge in [0.2, 0.25) is 11.8 Å². The normalized spacial score (nSPS) is 19.7. The summed E-state index contributed by atoms with van der Waals surface area (Å²) in [5, 5.41) is 6.27. The molecule has 3 rings (SSSR count). The van der Waals surface area contributed by atoms with Gasteiger partial charge < -0.3 is 15.5 Å². The number of rotatable bonds is 5. The van der Waals surface area contributed by atoms with Crippen molar-refractivity contribution in [2.75, 3.05) is 51.1 Å². The van der Waals surface area contributed by atoms with Crippen molar-refractivity contribution in [3.63, 3.8) is 0 Å². The van der Waals surface area contributed by atoms with Gasteiger partial charge in [0.25, 0.3) is 0 Å². The van der Waals surface area contributed by atoms with Crippen LogP contribution < -0.4 is 10.6 Å². The molecule has 2 saturated heterocycles. The first-order valence-corrected chi connectivity index (χ1v) is 9.27. The van der Waals surface area contributed by atoms with E-state index in [2.05, 4.69) is 22.5 Å². The molecular weight excluding hydrogens is 387 g/mol. The van der Waals surface area contributed by atoms with Gasteiger partial charge in [0, 0.05) is 38.4 Å². The van der Waals surface area contributed by atoms with E-state index in [4.69, 9.17) is 0 Å². The van der Waals surface area contributed by atoms with E-state index in [9.17, 15) is 9.59 Å². The number of amides is 2. The van der Waals surface area contributed by atoms with Crippen molar-refractivity contribution >= 4 is 42.3 Å². The van der Waals surface area contributed by atoms with Gasteiger partial charge in [-0.05, 0) is 31.0 Å². The highest BCUT2D eigenvalue weighted by Crippen LogP contribution is 2.16. The fraction of sp³-hybridized carbons (Fsp3) is 0.579. The Balaban J connectivity index is 0.00000182. The zero-order valence-corrected chi connectivity index (χ0v) is 17.4. The second kappa shape index (κ2) is 11.5. The number of para-hydroxylation sites is 1. The van der Waals surface area contributed by atoms with E-state index in [1.54, 1.807) is 0 Å². The van der Waals surface area contributed by atoms with Crippen LogP contribution in [0.2, 0.25) is 0 Å². The van der Waals surface area contributed by atoms with Gasteiger partial charge >= 0.3 is 0 Å². The molecule has 0 radical (unpaired) electrons. The number of anilines is 1. The highest BCUT2D eigenvalue weighted by molar-refractivity contribution is 5.93. The second-order valence-corrected chi connectivity index (χ2v) is 6.85. The summed E-state index contributed by atoms with van der Waals surface area (Å²) in [6, 6.07) is 7.92. The Morgan fingerprint density at radius 3 is 2.48 bits per heavy atom. The minimum absolute atomic E-state index is 0. The first kappa shape index (κ1) is 23.7. The lowest BCUT2D eigenvalue weighted by Gasteiger charge is -2.35. The van der Waals surface area contributed by atoms with Gasteiger partial charge in [0.05, 0.1) is 12.5 Å². The highest BCUT2D eigenvalue weighted by Gasteiger charge is 2.29. The molecule has 2 N–H and O–H groups in total. The van der Waals surface area contributed by atoms with Gasteiger partial charge in [-0.2, -0.15) is 0 Å². The molecule has 0 spiro atoms. The van der Waals surface area contributed by atoms with Crippen molar-refractivity contribution in [2.24, 2.45) is 5.92 Å². The predicted octanol–water partition coefficient (Wildman–Crippen LogP) is 1.78. The molecule has 2 heterocycles. The van der Waals surface area contributed by atoms with Crippen LogP contribution in [0.3, 0.4) is 0 Å². The molecule has 1 aromatic carbocycles. The summed E-state index contributed by atoms with van der Waals surface area (Å²) in [5.74, 6) is 0.423. The van der Waals surface area contributed by atoms with Crippen LogP contribution in [0, 0.1) is 5.92 Å². The topological polar surface area (TPSA) is 64.7 Å². The summed E-state index contributed by atoms with van der Waals surface area (Å²) in [6.07, 6.45) is 1.84. The molecule has 0 aromatic heterocycles. The van der Waals surface area contributed by atoms with Crippen LogP contribution in [0.5, 0.6) is 0 Å². The minimum atomic E-state index is 0. The molecule has 1 atom stereocenters. The number of hydrogen-bond acceptors (Lipinski definition) is 4. The third kappa shape index (κ3) is 6.35. The summed E-state index contributed by atoms with van der Waals surface area (Å²) in [4.78, 5) is 28.8. The summed E-state index contributed by atoms with van der Waals surface area (Å²) in [6.45, 7) is 7.16. The van der Waals surface area contributed by atoms with E-state index in [-0.39, 0.29) is 42.5 Å². The number of halogens is 2. The predicted molar refractivity (Wildman–Crippen MR) is 113 cm³/mol. The van der Waals surface area contributed by atoms with E-state index < -0.39 is 0 Å². The maximum Gasteiger partial charge on any atom is 0.238 e. The van der Waals surface area contributed by atoms with Crippen molar-refractivity contribution in [3.05, 3.63) is 29.8 Å². The highest BCUT2D eigenvalue weighted by atomic mass is 35.5. The van der Waals surface area contributed by atoms with Crippen molar-refractivity contribution in [1.29, 1.82) is 0 Å². The molecule has 2 fully saturated rings. The second-order valence-electron chi connectivity index (χ2n) is 6.85. The van der Waals surface area contributed by atoms with Gasteiger partial charge in [-0.25, -0.2) is 0 Å². The molecule has 6 nitrogen and oxygen atoms in total. The molecule has 0 saturated carbocycles. The van der Waals surface area contributed by atoms with Gasteiger partial charge in [-0.3, -0.25) is 14.5 Å². The van der Waals surface area contributed by atoms with E-state index in [0.717, 1.165) is 50.3 Å². The van der Waals surface area contributed by atoms with Gasteiger partial charge in [0.15, 0.2) is 0 Å². The zero-order valence-electron chi connectivity index (χ0n) is 15.8. The SMILES string of the molecule is CCc1ccccc1NC(=O)CN1CCN(C(=O)C2CCNC2)CC1.Cl.Cl. The number of aryl methyl sites for hydroxylation is 1. The van der Waals surface area contributed by atoms with Crippen LogP contribution in [0.4, 0.5) is 5.69 Å². The average Bonchev–Trinajstić information content (AvgIpc) is 3.17. The minimum Gasteiger partial charge on any atom is -0.340 e. The summed E-state index contributed by atoms with van der Waals surface area (Å²) >= 11 is 0. The third-order valence-electron chi connectivity index (χ3n) is 5.13. The fourth-order valence-electron chi connectivity index (χ4n) is 3.59. The summed E-state index contributed by atoms with van der Waals surface area (Å²) in [5.41, 5.74) is 2.05. The molecule has 1 aromatic rings. The Bertz CT molecular complexity index is 615. The van der Waals surface area contributed by atoms with E-state index in [0.29, 0.717) is 19.6 Å². The van der Waals surface area contributed by atoms with Crippen molar-refractivity contribution < 1.29 is 9.59 Å². The maximum absolute atomic E-state index is 12.4. The number of carbonyl (C=O) groups excluding carboxylic acids is 2. The van der Waals surface area contributed by atoms with E-state index >= 15 is 0 Å². The van der Waals surface area contributed by atoms with E-state index in [1.165, 1.54) is 0 Å². The number of nitrogens with zero attached hydrogens (tertiary/aromatic N) is 2. The van der Waals surface area contributed by atoms with Crippen LogP contribution in [-0.2, 0) is 16.0 Å². The first-order chi connectivity index (χ1) is 12.2. The average molecular weight is 417 g/mol. The van der Waals surface area contributed by atoms with Crippen LogP contribution >= 0.6 is 24.8 Å². The lowest BCUT2D eigenvalue weighted by molar-refractivity contribution is -0.136. The number of carbonyl (C=O) groups is 2. The maximum atomic E-state index is 12.4. The number of hydrogen-bond donors (Lipinski definition) is 2. The fourth-order valence-corrected chi connectivity index (χ4v) is 3.59. The van der Waals surface area contributed by atoms with Crippen molar-refractivity contribution in [1.82, 2.24) is 15.1 Å². The van der Waals surface area contributed by atoms with Crippen LogP contribution in [0.25, 0.3) is 0 Å². The summed E-state index contributed by atoms with van der Waals surface area (Å²) < 4.78 is 0. The zero-order chi connectivity index (χ0) is 17.6. The molecule has 0 aliphatic carbocycles. The Kier molecular flexibility index (Phi) is 10.1. The molecule has 27 heavy (non-hydrogen) atoms. The van der Waals surface area contributed by atoms with Gasteiger partial charge in [0.1, 0.15) is 0 Å². The molecule has 2 amide bonds. The lowest BCUT2D eigenvalue weighted by Crippen LogP contribution is -2.52. The van der Waals surface area contributed by atoms with Crippen LogP contribution in [0.1, 0.15) is 18.9 Å². The largest absolute Gasteiger partial charge is 0.340 e. The molecule has 1 unspecified atom stereocenters. The number of benzene rings is 1. The van der Waals surface area contributed by atoms with Crippen LogP contribution in [0.15, 0.2) is 24.3 Å². The molecule has 0 bridgehead atoms. The van der Waals surface area contributed by atoms with Crippen molar-refractivity contribution in [2.45, 2.75) is 19.8 Å². The quantitative estimate of drug-likeness (QED) is 0.767. The standard InChI is InChI=1S/C19H28N4O2.2ClH/c1-2-15-5-3-4-6-17(15)21-18(24)14-22-9-11-23(12-10-22)19(25)16-7-8-20-13-16;;/h3-6,16,20H,2,7-14H2,1H3,(H,21,24);2*1H. The van der Waals surface area contributed by atoms with Gasteiger partial charge in [-0.1, -0.05) is 25.1 Å². The third-order valence-corrected chi connectivity index (χ3v) is 5.13. The number of nitrogens with one attached hydrogen (secondary N) is 2. The number of piperazine rings is 1. The molecular formula is C19H30Cl2N4O2. The smallest absolute Gasteiger partial charge is 0.238 e. The van der Waals surface area contributed by atoms with Crippen molar-refractivity contribution in [3.8, 4) is 0 Å². The molecule has 2 aliphatic heterocycles. The Morgan fingerprint density at radius 2 is 1.85 bits per heavy atom. The molecule has 2 aliphatic rings. The Hall–Kier alpha value is -1.34. The molecule has 152 valence electrons.